The molecule has 0 saturated carbocycles. The minimum absolute atomic E-state index is 0.149. The summed E-state index contributed by atoms with van der Waals surface area (Å²) in [6.45, 7) is 8.75. The molecule has 0 saturated heterocycles. The number of anilines is 2. The fourth-order valence-corrected chi connectivity index (χ4v) is 1.44. The van der Waals surface area contributed by atoms with Crippen LogP contribution in [0.5, 0.6) is 0 Å². The van der Waals surface area contributed by atoms with Gasteiger partial charge >= 0.3 is 0 Å². The monoisotopic (exact) mass is 253 g/mol. The predicted molar refractivity (Wildman–Crippen MR) is 73.4 cm³/mol. The summed E-state index contributed by atoms with van der Waals surface area (Å²) in [4.78, 5) is 8.85. The van der Waals surface area contributed by atoms with Crippen LogP contribution in [0.25, 0.3) is 0 Å². The van der Waals surface area contributed by atoms with E-state index in [0.717, 1.165) is 17.2 Å². The maximum absolute atomic E-state index is 9.02. The standard InChI is InChI=1S/C12H23N5O/c1-7(2)10-15-11(14-5-8(3)6-18)9(4)12(16-10)17-13/h7-8,18H,5-6,13H2,1-4H3,(H2,14,15,16,17). The molecule has 0 fully saturated rings. The fraction of sp³-hybridized carbons (Fsp3) is 0.667. The Balaban J connectivity index is 2.97. The molecule has 1 aromatic rings. The quantitative estimate of drug-likeness (QED) is 0.450. The first-order chi connectivity index (χ1) is 8.49. The number of nitrogens with zero attached hydrogens (tertiary/aromatic N) is 2. The SMILES string of the molecule is Cc1c(NN)nc(C(C)C)nc1NCC(C)CO. The molecule has 102 valence electrons. The Morgan fingerprint density at radius 1 is 1.22 bits per heavy atom. The highest BCUT2D eigenvalue weighted by atomic mass is 16.3. The van der Waals surface area contributed by atoms with Crippen molar-refractivity contribution in [1.82, 2.24) is 9.97 Å². The first-order valence-corrected chi connectivity index (χ1v) is 6.19. The molecule has 0 spiro atoms. The van der Waals surface area contributed by atoms with Crippen molar-refractivity contribution in [2.45, 2.75) is 33.6 Å². The van der Waals surface area contributed by atoms with Crippen molar-refractivity contribution in [1.29, 1.82) is 0 Å². The lowest BCUT2D eigenvalue weighted by Gasteiger charge is -2.16. The molecule has 0 radical (unpaired) electrons. The number of aromatic nitrogens is 2. The summed E-state index contributed by atoms with van der Waals surface area (Å²) in [6.07, 6.45) is 0. The molecule has 1 heterocycles. The van der Waals surface area contributed by atoms with Gasteiger partial charge in [-0.15, -0.1) is 0 Å². The highest BCUT2D eigenvalue weighted by Crippen LogP contribution is 2.22. The van der Waals surface area contributed by atoms with Crippen LogP contribution in [0.2, 0.25) is 0 Å². The fourth-order valence-electron chi connectivity index (χ4n) is 1.44. The zero-order chi connectivity index (χ0) is 13.7. The minimum Gasteiger partial charge on any atom is -0.396 e. The molecule has 0 aliphatic heterocycles. The summed E-state index contributed by atoms with van der Waals surface area (Å²) in [5, 5.41) is 12.2. The van der Waals surface area contributed by atoms with Crippen molar-refractivity contribution in [3.63, 3.8) is 0 Å². The van der Waals surface area contributed by atoms with Gasteiger partial charge in [-0.3, -0.25) is 0 Å². The lowest BCUT2D eigenvalue weighted by atomic mass is 10.2. The highest BCUT2D eigenvalue weighted by Gasteiger charge is 2.12. The Morgan fingerprint density at radius 2 is 1.83 bits per heavy atom. The van der Waals surface area contributed by atoms with Gasteiger partial charge in [0.25, 0.3) is 0 Å². The van der Waals surface area contributed by atoms with Crippen molar-refractivity contribution in [3.8, 4) is 0 Å². The molecule has 1 rings (SSSR count). The largest absolute Gasteiger partial charge is 0.396 e. The van der Waals surface area contributed by atoms with Gasteiger partial charge in [-0.1, -0.05) is 20.8 Å². The minimum atomic E-state index is 0.149. The van der Waals surface area contributed by atoms with Crippen LogP contribution < -0.4 is 16.6 Å². The average molecular weight is 253 g/mol. The topological polar surface area (TPSA) is 96.1 Å². The molecule has 0 bridgehead atoms. The lowest BCUT2D eigenvalue weighted by Crippen LogP contribution is -2.19. The van der Waals surface area contributed by atoms with Crippen LogP contribution in [0.15, 0.2) is 0 Å². The lowest BCUT2D eigenvalue weighted by molar-refractivity contribution is 0.244. The van der Waals surface area contributed by atoms with Crippen LogP contribution in [-0.4, -0.2) is 28.2 Å². The number of hydrazine groups is 1. The molecule has 0 amide bonds. The van der Waals surface area contributed by atoms with E-state index in [9.17, 15) is 0 Å². The number of hydrogen-bond donors (Lipinski definition) is 4. The summed E-state index contributed by atoms with van der Waals surface area (Å²) >= 11 is 0. The van der Waals surface area contributed by atoms with Gasteiger partial charge in [0.2, 0.25) is 0 Å². The van der Waals surface area contributed by atoms with E-state index in [2.05, 4.69) is 20.7 Å². The van der Waals surface area contributed by atoms with Gasteiger partial charge < -0.3 is 15.8 Å². The molecule has 18 heavy (non-hydrogen) atoms. The third kappa shape index (κ3) is 3.54. The summed E-state index contributed by atoms with van der Waals surface area (Å²) < 4.78 is 0. The van der Waals surface area contributed by atoms with Crippen LogP contribution >= 0.6 is 0 Å². The molecule has 1 aromatic heterocycles. The van der Waals surface area contributed by atoms with E-state index in [4.69, 9.17) is 10.9 Å². The maximum atomic E-state index is 9.02. The number of nitrogens with one attached hydrogen (secondary N) is 2. The molecule has 1 atom stereocenters. The molecule has 5 N–H and O–H groups in total. The zero-order valence-electron chi connectivity index (χ0n) is 11.5. The van der Waals surface area contributed by atoms with Gasteiger partial charge in [0.1, 0.15) is 17.5 Å². The van der Waals surface area contributed by atoms with Gasteiger partial charge in [0.05, 0.1) is 0 Å². The average Bonchev–Trinajstić information content (AvgIpc) is 2.36. The molecule has 6 heteroatoms. The highest BCUT2D eigenvalue weighted by molar-refractivity contribution is 5.56. The number of nitrogen functional groups attached to an aromatic ring is 1. The van der Waals surface area contributed by atoms with Gasteiger partial charge in [-0.05, 0) is 12.8 Å². The molecule has 0 aliphatic rings. The van der Waals surface area contributed by atoms with E-state index in [-0.39, 0.29) is 18.4 Å². The first kappa shape index (κ1) is 14.7. The van der Waals surface area contributed by atoms with E-state index >= 15 is 0 Å². The molecule has 0 aromatic carbocycles. The maximum Gasteiger partial charge on any atom is 0.148 e. The van der Waals surface area contributed by atoms with E-state index in [1.54, 1.807) is 0 Å². The van der Waals surface area contributed by atoms with E-state index in [0.29, 0.717) is 12.4 Å². The van der Waals surface area contributed by atoms with Crippen molar-refractivity contribution < 1.29 is 5.11 Å². The molecule has 1 unspecified atom stereocenters. The molecule has 6 nitrogen and oxygen atoms in total. The third-order valence-electron chi connectivity index (χ3n) is 2.75. The number of aliphatic hydroxyl groups excluding tert-OH is 1. The van der Waals surface area contributed by atoms with E-state index in [1.165, 1.54) is 0 Å². The summed E-state index contributed by atoms with van der Waals surface area (Å²) in [5.74, 6) is 8.01. The normalized spacial score (nSPS) is 12.6. The number of nitrogens with two attached hydrogens (primary N) is 1. The van der Waals surface area contributed by atoms with Crippen LogP contribution in [0.4, 0.5) is 11.6 Å². The van der Waals surface area contributed by atoms with Crippen molar-refractivity contribution in [3.05, 3.63) is 11.4 Å². The summed E-state index contributed by atoms with van der Waals surface area (Å²) in [7, 11) is 0. The smallest absolute Gasteiger partial charge is 0.148 e. The number of aliphatic hydroxyl groups is 1. The van der Waals surface area contributed by atoms with E-state index in [1.807, 2.05) is 27.7 Å². The third-order valence-corrected chi connectivity index (χ3v) is 2.75. The Bertz CT molecular complexity index is 394. The van der Waals surface area contributed by atoms with Crippen LogP contribution in [0, 0.1) is 12.8 Å². The zero-order valence-corrected chi connectivity index (χ0v) is 11.5. The van der Waals surface area contributed by atoms with Crippen LogP contribution in [0.3, 0.4) is 0 Å². The summed E-state index contributed by atoms with van der Waals surface area (Å²) in [6, 6.07) is 0. The number of hydrogen-bond acceptors (Lipinski definition) is 6. The van der Waals surface area contributed by atoms with Crippen LogP contribution in [-0.2, 0) is 0 Å². The Labute approximate surface area is 108 Å². The Hall–Kier alpha value is -1.40. The first-order valence-electron chi connectivity index (χ1n) is 6.19. The number of rotatable bonds is 6. The molecular weight excluding hydrogens is 230 g/mol. The van der Waals surface area contributed by atoms with Gasteiger partial charge in [-0.2, -0.15) is 0 Å². The second-order valence-electron chi connectivity index (χ2n) is 4.87. The van der Waals surface area contributed by atoms with Gasteiger partial charge in [0, 0.05) is 24.6 Å². The van der Waals surface area contributed by atoms with Crippen molar-refractivity contribution in [2.75, 3.05) is 23.9 Å². The molecular formula is C12H23N5O. The second-order valence-corrected chi connectivity index (χ2v) is 4.87. The van der Waals surface area contributed by atoms with Crippen molar-refractivity contribution >= 4 is 11.6 Å². The summed E-state index contributed by atoms with van der Waals surface area (Å²) in [5.41, 5.74) is 3.47. The second kappa shape index (κ2) is 6.51. The predicted octanol–water partition coefficient (Wildman–Crippen LogP) is 1.23. The van der Waals surface area contributed by atoms with Gasteiger partial charge in [0.15, 0.2) is 0 Å². The Kier molecular flexibility index (Phi) is 5.30. The Morgan fingerprint density at radius 3 is 2.33 bits per heavy atom. The van der Waals surface area contributed by atoms with Crippen LogP contribution in [0.1, 0.15) is 38.1 Å². The molecule has 0 aliphatic carbocycles. The van der Waals surface area contributed by atoms with Gasteiger partial charge in [-0.25, -0.2) is 15.8 Å². The van der Waals surface area contributed by atoms with E-state index < -0.39 is 0 Å². The van der Waals surface area contributed by atoms with Crippen molar-refractivity contribution in [2.24, 2.45) is 11.8 Å².